The van der Waals surface area contributed by atoms with Crippen LogP contribution in [0.3, 0.4) is 0 Å². The van der Waals surface area contributed by atoms with Gasteiger partial charge in [0.05, 0.1) is 64.9 Å². The fourth-order valence-corrected chi connectivity index (χ4v) is 21.3. The van der Waals surface area contributed by atoms with Crippen molar-refractivity contribution in [1.29, 1.82) is 0 Å². The minimum absolute atomic E-state index is 0.0902. The number of hydrogen-bond donors (Lipinski definition) is 5. The molecule has 2 amide bonds. The first-order valence-electron chi connectivity index (χ1n) is 41.6. The van der Waals surface area contributed by atoms with Crippen LogP contribution in [0.2, 0.25) is 0 Å². The lowest BCUT2D eigenvalue weighted by Crippen LogP contribution is -2.24. The molecule has 19 rings (SSSR count). The summed E-state index contributed by atoms with van der Waals surface area (Å²) >= 11 is 16.3. The van der Waals surface area contributed by atoms with Crippen LogP contribution in [-0.2, 0) is 43.2 Å². The second-order valence-electron chi connectivity index (χ2n) is 28.3. The van der Waals surface area contributed by atoms with E-state index in [4.69, 9.17) is 35.8 Å². The Kier molecular flexibility index (Phi) is 37.6. The van der Waals surface area contributed by atoms with Crippen LogP contribution < -0.4 is 25.9 Å². The summed E-state index contributed by atoms with van der Waals surface area (Å²) in [4.78, 5) is 116. The van der Waals surface area contributed by atoms with Crippen molar-refractivity contribution in [3.63, 3.8) is 0 Å². The molecule has 0 bridgehead atoms. The third-order valence-electron chi connectivity index (χ3n) is 18.7. The molecule has 49 nitrogen and oxygen atoms in total. The number of thiazole rings is 4. The van der Waals surface area contributed by atoms with Crippen molar-refractivity contribution in [2.45, 2.75) is 53.7 Å². The molecule has 0 saturated heterocycles. The van der Waals surface area contributed by atoms with Crippen LogP contribution in [0.1, 0.15) is 52.4 Å². The number of esters is 2. The van der Waals surface area contributed by atoms with E-state index in [2.05, 4.69) is 189 Å². The van der Waals surface area contributed by atoms with Crippen molar-refractivity contribution >= 4 is 294 Å². The Morgan fingerprint density at radius 3 is 1.64 bits per heavy atom. The number of thioether (sulfide) groups is 3. The number of fused-ring (bicyclic) bond motifs is 4. The van der Waals surface area contributed by atoms with Crippen molar-refractivity contribution < 1.29 is 32.3 Å². The summed E-state index contributed by atoms with van der Waals surface area (Å²) in [7, 11) is 3.72. The maximum absolute atomic E-state index is 12.3. The largest absolute Gasteiger partial charge is 0.535 e. The van der Waals surface area contributed by atoms with Gasteiger partial charge in [-0.05, 0) is 103 Å². The maximum atomic E-state index is 12.3. The number of rotatable bonds is 27. The van der Waals surface area contributed by atoms with Gasteiger partial charge in [0.25, 0.3) is 21.1 Å². The van der Waals surface area contributed by atoms with Gasteiger partial charge in [-0.25, -0.2) is 104 Å². The quantitative estimate of drug-likeness (QED) is 0.00797. The normalized spacial score (nSPS) is 11.4. The number of pyridine rings is 1. The lowest BCUT2D eigenvalue weighted by Gasteiger charge is -2.08. The van der Waals surface area contributed by atoms with Gasteiger partial charge < -0.3 is 24.8 Å². The van der Waals surface area contributed by atoms with E-state index in [1.54, 1.807) is 58.3 Å². The van der Waals surface area contributed by atoms with Gasteiger partial charge in [0, 0.05) is 61.8 Å². The summed E-state index contributed by atoms with van der Waals surface area (Å²) in [5.41, 5.74) is 9.48. The fraction of sp³-hybridized carbons (Fsp3) is 0.176. The molecule has 0 radical (unpaired) electrons. The number of benzene rings is 4. The van der Waals surface area contributed by atoms with E-state index in [-0.39, 0.29) is 38.2 Å². The lowest BCUT2D eigenvalue weighted by atomic mass is 10.1. The molecule has 19 aromatic rings. The maximum Gasteiger partial charge on any atom is 0.535 e. The number of urea groups is 1. The zero-order valence-corrected chi connectivity index (χ0v) is 89.3. The van der Waals surface area contributed by atoms with Crippen LogP contribution in [0.15, 0.2) is 237 Å². The molecule has 15 heterocycles. The molecule has 0 saturated carbocycles. The number of azo groups is 6. The number of anilines is 2. The first-order valence-corrected chi connectivity index (χ1v) is 55.0. The topological polar surface area (TPSA) is 600 Å². The summed E-state index contributed by atoms with van der Waals surface area (Å²) in [6.07, 6.45) is 7.89. The third-order valence-corrected chi connectivity index (χ3v) is 29.7. The zero-order chi connectivity index (χ0) is 105. The highest BCUT2D eigenvalue weighted by Crippen LogP contribution is 2.45. The van der Waals surface area contributed by atoms with Crippen molar-refractivity contribution in [3.05, 3.63) is 245 Å². The van der Waals surface area contributed by atoms with Crippen molar-refractivity contribution in [2.24, 2.45) is 75.5 Å². The molecule has 0 unspecified atom stereocenters. The fourth-order valence-electron chi connectivity index (χ4n) is 11.9. The molecule has 5 N–H and O–H groups in total. The van der Waals surface area contributed by atoms with Crippen LogP contribution in [0, 0.1) is 40.1 Å². The number of methoxy groups -OCH3 is 2. The third kappa shape index (κ3) is 27.6. The van der Waals surface area contributed by atoms with E-state index in [1.165, 1.54) is 128 Å². The van der Waals surface area contributed by atoms with Crippen LogP contribution in [0.5, 0.6) is 0 Å². The Hall–Kier alpha value is -16.0. The van der Waals surface area contributed by atoms with Gasteiger partial charge in [0.15, 0.2) is 94.2 Å². The monoisotopic (exact) mass is 2240 g/mol. The highest BCUT2D eigenvalue weighted by molar-refractivity contribution is 8.01. The van der Waals surface area contributed by atoms with E-state index in [0.717, 1.165) is 100 Å². The van der Waals surface area contributed by atoms with Crippen molar-refractivity contribution in [2.75, 3.05) is 55.8 Å². The second-order valence-corrected chi connectivity index (χ2v) is 41.8. The van der Waals surface area contributed by atoms with Crippen molar-refractivity contribution in [3.8, 4) is 33.8 Å². The van der Waals surface area contributed by atoms with Gasteiger partial charge in [-0.3, -0.25) is 33.6 Å². The highest BCUT2D eigenvalue weighted by atomic mass is 32.2. The number of nitrogens with one attached hydrogen (secondary N) is 5. The predicted molar refractivity (Wildman–Crippen MR) is 574 cm³/mol. The molecule has 148 heavy (non-hydrogen) atoms. The van der Waals surface area contributed by atoms with Gasteiger partial charge in [0.1, 0.15) is 16.2 Å². The highest BCUT2D eigenvalue weighted by Gasteiger charge is 2.36. The number of carbonyl (C=O) groups excluding carboxylic acids is 3. The number of hydrogen-bond acceptors (Lipinski definition) is 51. The van der Waals surface area contributed by atoms with E-state index >= 15 is 0 Å². The number of carbonyl (C=O) groups is 3. The number of imidazole rings is 2. The van der Waals surface area contributed by atoms with E-state index in [0.29, 0.717) is 122 Å². The first-order chi connectivity index (χ1) is 71.7. The minimum Gasteiger partial charge on any atom is -0.468 e. The number of ether oxygens (including phenoxy) is 2. The Bertz CT molecular complexity index is 8540. The average molecular weight is 2240 g/mol. The Balaban J connectivity index is 0.000000141. The summed E-state index contributed by atoms with van der Waals surface area (Å²) in [6.45, 7) is 33.6. The molecule has 746 valence electrons. The SMILES string of the molecule is COC(=O)C(C(=O)OC)c1nc(-c2ccccc2)c(N=Nc2snc3nc(SC)ncc23)s1.CSc1ncc2c(N=Nc3c(-c4ccccc4)[nH]c(=O)n3C)snc2n1.Cc1nc(NS(C)(=O)=O)sc1N=Nc1snc2ccccc12.O=c1[nH]c(-c2ccccc2)c(N=Nc2snc3ncccc23)s1.[C-]#[N+]C([N+]#[C-])c1nc(C)c(N=Nc2nnc(SCC)s2)s1.[C-]#[N+]C([N+]#[C-])c1nc(NC(=O)NC)c(N=Nc2nncs2)n1C. The number of aromatic amines is 2. The summed E-state index contributed by atoms with van der Waals surface area (Å²) in [5, 5.41) is 81.2. The molecule has 15 aromatic heterocycles. The number of H-pyrrole nitrogens is 2. The predicted octanol–water partition coefficient (Wildman–Crippen LogP) is 24.0. The summed E-state index contributed by atoms with van der Waals surface area (Å²) < 4.78 is 55.1. The Morgan fingerprint density at radius 1 is 0.514 bits per heavy atom. The molecule has 63 heteroatoms. The molecule has 0 aliphatic rings. The van der Waals surface area contributed by atoms with Crippen molar-refractivity contribution in [1.82, 2.24) is 107 Å². The second kappa shape index (κ2) is 51.7. The van der Waals surface area contributed by atoms with Gasteiger partial charge in [-0.2, -0.15) is 22.5 Å². The first kappa shape index (κ1) is 108. The molecular weight excluding hydrogens is 2170 g/mol. The summed E-state index contributed by atoms with van der Waals surface area (Å²) in [5.74, 6) is -1.04. The molecular formula is C85H68N40O9S14. The van der Waals surface area contributed by atoms with Crippen LogP contribution >= 0.6 is 149 Å². The van der Waals surface area contributed by atoms with Gasteiger partial charge >= 0.3 is 40.9 Å². The number of sulfonamides is 1. The molecule has 0 aliphatic heterocycles. The molecule has 4 aromatic carbocycles. The van der Waals surface area contributed by atoms with Gasteiger partial charge in [-0.15, -0.1) is 81.8 Å². The van der Waals surface area contributed by atoms with Gasteiger partial charge in [-0.1, -0.05) is 213 Å². The average Bonchev–Trinajstić information content (AvgIpc) is 1.64. The minimum atomic E-state index is -3.35. The molecule has 0 atom stereocenters. The Morgan fingerprint density at radius 2 is 1.04 bits per heavy atom. The number of nitrogens with zero attached hydrogens (tertiary/aromatic N) is 35. The summed E-state index contributed by atoms with van der Waals surface area (Å²) in [6, 6.07) is 39.3. The lowest BCUT2D eigenvalue weighted by molar-refractivity contribution is -0.154. The van der Waals surface area contributed by atoms with Gasteiger partial charge in [0.2, 0.25) is 15.9 Å². The zero-order valence-electron chi connectivity index (χ0n) is 77.9. The number of amides is 2. The van der Waals surface area contributed by atoms with E-state index in [9.17, 15) is 32.4 Å². The number of aryl methyl sites for hydroxylation is 2. The van der Waals surface area contributed by atoms with Crippen LogP contribution in [0.4, 0.5) is 77.7 Å². The standard InChI is InChI=1S/C20H16N6O4S3.C16H13N7OS2.C15H9N5OS2.C12H11N5O2S3.C11H10N10OS.C11H9N7S3/c1-29-18(27)12(19(28)30-2)16-22-13(10-7-5-4-6-8-10)17(32-16)25-24-15-11-9-21-20(31-3)23-14(11)26-33-15;1-23-13(11(18-16(23)24)9-6-4-3-5-7-9)20-21-14-10-8-17-15(25-2)19-12(10)22-26-14;21-15-17-11(9-5-2-1-3-6-9)14(22-15)19-18-13-10-7-4-8-16-12(10)20-23-13;1-7-10(20-12(13-7)17-22(2,18)19)14-15-11-8-5-3-4-6-9(8)16-21-11;1-12-6(13-2)8-16-7(17-10(22)14-3)9(21(8)4)18-20-11-19-15-5-23-11;1-5-19-11-18-17-10(21-11)16-15-8-6(2)14-9(20-8)7(12-3)13-4/h4-9,12H,1-3H3;3-8H,1-2H3,(H,18,24);1-8H,(H,17,21);3-6H,1-2H3,(H,13,17);5-6H,3-4H3,(H2,14,17,22);7H,5H2,1-2H3. The molecule has 0 spiro atoms. The van der Waals surface area contributed by atoms with E-state index in [1.807, 2.05) is 147 Å². The van der Waals surface area contributed by atoms with Crippen LogP contribution in [0.25, 0.3) is 97.2 Å². The molecule has 0 aliphatic carbocycles. The Labute approximate surface area is 889 Å². The molecule has 0 fully saturated rings. The number of aromatic nitrogens is 21. The van der Waals surface area contributed by atoms with Crippen LogP contribution in [-0.4, -0.2) is 174 Å². The van der Waals surface area contributed by atoms with E-state index < -0.39 is 46.2 Å². The smallest absolute Gasteiger partial charge is 0.468 e.